The summed E-state index contributed by atoms with van der Waals surface area (Å²) in [6.07, 6.45) is 4.28. The van der Waals surface area contributed by atoms with Crippen LogP contribution in [0.4, 0.5) is 24.1 Å². The van der Waals surface area contributed by atoms with Crippen LogP contribution in [0, 0.1) is 11.6 Å². The van der Waals surface area contributed by atoms with E-state index in [-0.39, 0.29) is 23.1 Å². The number of aromatic nitrogens is 4. The molecule has 0 bridgehead atoms. The third kappa shape index (κ3) is 11.5. The van der Waals surface area contributed by atoms with Gasteiger partial charge in [-0.15, -0.1) is 0 Å². The molecule has 0 radical (unpaired) electrons. The minimum Gasteiger partial charge on any atom is -0.444 e. The van der Waals surface area contributed by atoms with E-state index in [1.165, 1.54) is 18.3 Å². The summed E-state index contributed by atoms with van der Waals surface area (Å²) >= 11 is 0. The lowest BCUT2D eigenvalue weighted by Gasteiger charge is -2.33. The molecule has 0 saturated carbocycles. The van der Waals surface area contributed by atoms with Gasteiger partial charge in [-0.2, -0.15) is 0 Å². The molecule has 4 atom stereocenters. The van der Waals surface area contributed by atoms with Gasteiger partial charge in [0.05, 0.1) is 24.0 Å². The molecule has 66 heavy (non-hydrogen) atoms. The van der Waals surface area contributed by atoms with E-state index in [0.717, 1.165) is 5.69 Å². The van der Waals surface area contributed by atoms with E-state index in [0.29, 0.717) is 73.8 Å². The molecule has 2 aromatic heterocycles. The number of carbonyl (C=O) groups excluding carboxylic acids is 4. The van der Waals surface area contributed by atoms with Gasteiger partial charge in [0.25, 0.3) is 5.91 Å². The van der Waals surface area contributed by atoms with Gasteiger partial charge in [-0.05, 0) is 97.4 Å². The summed E-state index contributed by atoms with van der Waals surface area (Å²) in [6, 6.07) is 17.4. The van der Waals surface area contributed by atoms with Crippen molar-refractivity contribution >= 4 is 29.7 Å². The molecular weight excluding hydrogens is 849 g/mol. The number of amides is 4. The number of rotatable bonds is 12. The smallest absolute Gasteiger partial charge is 0.408 e. The Morgan fingerprint density at radius 2 is 1.29 bits per heavy atom. The van der Waals surface area contributed by atoms with Gasteiger partial charge in [0.1, 0.15) is 52.3 Å². The Hall–Kier alpha value is -6.78. The van der Waals surface area contributed by atoms with Gasteiger partial charge in [-0.1, -0.05) is 60.7 Å². The number of nitrogens with zero attached hydrogens (tertiary/aromatic N) is 4. The number of H-pyrrole nitrogens is 2. The molecule has 2 saturated heterocycles. The lowest BCUT2D eigenvalue weighted by Crippen LogP contribution is -2.44. The highest BCUT2D eigenvalue weighted by Gasteiger charge is 2.38. The minimum absolute atomic E-state index is 0.0308. The molecular formula is C49H59F2N9O6. The zero-order chi connectivity index (χ0) is 47.3. The molecule has 4 heterocycles. The van der Waals surface area contributed by atoms with Crippen molar-refractivity contribution in [3.05, 3.63) is 125 Å². The first kappa shape index (κ1) is 47.2. The molecule has 5 N–H and O–H groups in total. The monoisotopic (exact) mass is 907 g/mol. The second-order valence-corrected chi connectivity index (χ2v) is 18.9. The van der Waals surface area contributed by atoms with Gasteiger partial charge in [0, 0.05) is 43.0 Å². The minimum atomic E-state index is -1.01. The number of hydrogen-bond acceptors (Lipinski definition) is 9. The number of imidazole rings is 2. The van der Waals surface area contributed by atoms with Crippen molar-refractivity contribution < 1.29 is 37.4 Å². The first-order valence-electron chi connectivity index (χ1n) is 22.4. The zero-order valence-corrected chi connectivity index (χ0v) is 38.4. The molecule has 15 nitrogen and oxygen atoms in total. The van der Waals surface area contributed by atoms with Gasteiger partial charge < -0.3 is 45.2 Å². The predicted molar refractivity (Wildman–Crippen MR) is 244 cm³/mol. The van der Waals surface area contributed by atoms with E-state index >= 15 is 8.78 Å². The van der Waals surface area contributed by atoms with E-state index < -0.39 is 65.1 Å². The maximum absolute atomic E-state index is 15.9. The summed E-state index contributed by atoms with van der Waals surface area (Å²) in [7, 11) is 0. The average molecular weight is 908 g/mol. The summed E-state index contributed by atoms with van der Waals surface area (Å²) in [5, 5.41) is 8.38. The third-order valence-corrected chi connectivity index (χ3v) is 11.5. The molecule has 0 spiro atoms. The molecule has 2 aliphatic rings. The zero-order valence-electron chi connectivity index (χ0n) is 38.4. The van der Waals surface area contributed by atoms with Crippen molar-refractivity contribution in [2.24, 2.45) is 0 Å². The van der Waals surface area contributed by atoms with Gasteiger partial charge in [-0.25, -0.2) is 28.3 Å². The number of piperidine rings is 1. The topological polar surface area (TPSA) is 187 Å². The quantitative estimate of drug-likeness (QED) is 0.0816. The van der Waals surface area contributed by atoms with Crippen LogP contribution in [0.25, 0.3) is 11.3 Å². The highest BCUT2D eigenvalue weighted by atomic mass is 19.1. The molecule has 2 aliphatic heterocycles. The molecule has 5 aromatic rings. The van der Waals surface area contributed by atoms with E-state index in [9.17, 15) is 19.2 Å². The fourth-order valence-electron chi connectivity index (χ4n) is 8.44. The molecule has 350 valence electrons. The van der Waals surface area contributed by atoms with Crippen molar-refractivity contribution in [2.45, 2.75) is 115 Å². The second-order valence-electron chi connectivity index (χ2n) is 18.9. The summed E-state index contributed by atoms with van der Waals surface area (Å²) in [5.74, 6) is -1.16. The van der Waals surface area contributed by atoms with Crippen LogP contribution in [-0.2, 0) is 19.1 Å². The third-order valence-electron chi connectivity index (χ3n) is 11.5. The molecule has 17 heteroatoms. The molecule has 0 aliphatic carbocycles. The number of carbonyl (C=O) groups is 4. The Balaban J connectivity index is 0.974. The number of nitrogens with one attached hydrogen (secondary N) is 5. The standard InChI is InChI=1S/C49H59F2N9O6/c1-29(54-44(61)39(31-15-10-8-11-16-31)57-46(63)65-48(2,3)4)42-52-27-36(55-42)30-20-23-59(24-21-30)41-34(50)25-33(26-35(41)51)37-28-53-43(56-37)38-19-14-22-60(38)45(62)40(32-17-12-9-13-18-32)58-47(64)66-49(5,6)7/h8-13,15-18,25-30,38-40H,14,19-24H2,1-7H3,(H,52,55)(H,53,56)(H,54,61)(H,57,63)(H,58,64). The van der Waals surface area contributed by atoms with Crippen LogP contribution in [-0.4, -0.2) is 79.7 Å². The Bertz CT molecular complexity index is 2470. The molecule has 3 aromatic carbocycles. The average Bonchev–Trinajstić information content (AvgIpc) is 4.06. The highest BCUT2D eigenvalue weighted by molar-refractivity contribution is 5.88. The summed E-state index contributed by atoms with van der Waals surface area (Å²) < 4.78 is 42.8. The fraction of sp³-hybridized carbons (Fsp3) is 0.429. The maximum atomic E-state index is 15.9. The van der Waals surface area contributed by atoms with Crippen LogP contribution in [0.15, 0.2) is 85.2 Å². The highest BCUT2D eigenvalue weighted by Crippen LogP contribution is 2.37. The molecule has 7 rings (SSSR count). The Labute approximate surface area is 383 Å². The Kier molecular flexibility index (Phi) is 14.1. The molecule has 4 unspecified atom stereocenters. The first-order valence-corrected chi connectivity index (χ1v) is 22.4. The number of aromatic amines is 2. The number of alkyl carbamates (subject to hydrolysis) is 2. The fourth-order valence-corrected chi connectivity index (χ4v) is 8.44. The van der Waals surface area contributed by atoms with Crippen LogP contribution in [0.1, 0.15) is 133 Å². The maximum Gasteiger partial charge on any atom is 0.408 e. The second kappa shape index (κ2) is 19.8. The van der Waals surface area contributed by atoms with Crippen LogP contribution >= 0.6 is 0 Å². The number of hydrogen-bond donors (Lipinski definition) is 5. The van der Waals surface area contributed by atoms with Crippen LogP contribution in [0.5, 0.6) is 0 Å². The lowest BCUT2D eigenvalue weighted by atomic mass is 9.93. The van der Waals surface area contributed by atoms with E-state index in [2.05, 4.69) is 35.9 Å². The SMILES string of the molecule is CC(NC(=O)C(NC(=O)OC(C)(C)C)c1ccccc1)c1ncc(C2CCN(c3c(F)cc(-c4cnc(C5CCCN5C(=O)C(NC(=O)OC(C)(C)C)c5ccccc5)[nH]4)cc3F)CC2)[nH]1. The van der Waals surface area contributed by atoms with E-state index in [1.807, 2.05) is 12.1 Å². The van der Waals surface area contributed by atoms with Crippen LogP contribution in [0.3, 0.4) is 0 Å². The number of benzene rings is 3. The normalized spacial score (nSPS) is 17.1. The lowest BCUT2D eigenvalue weighted by molar-refractivity contribution is -0.134. The van der Waals surface area contributed by atoms with Crippen molar-refractivity contribution in [2.75, 3.05) is 24.5 Å². The van der Waals surface area contributed by atoms with Crippen molar-refractivity contribution in [3.63, 3.8) is 0 Å². The van der Waals surface area contributed by atoms with Crippen molar-refractivity contribution in [3.8, 4) is 11.3 Å². The number of halogens is 2. The van der Waals surface area contributed by atoms with Crippen LogP contribution in [0.2, 0.25) is 0 Å². The number of ether oxygens (including phenoxy) is 2. The van der Waals surface area contributed by atoms with Gasteiger partial charge in [-0.3, -0.25) is 9.59 Å². The van der Waals surface area contributed by atoms with Crippen LogP contribution < -0.4 is 20.9 Å². The Morgan fingerprint density at radius 3 is 1.86 bits per heavy atom. The summed E-state index contributed by atoms with van der Waals surface area (Å²) in [4.78, 5) is 72.3. The van der Waals surface area contributed by atoms with Gasteiger partial charge in [0.2, 0.25) is 5.91 Å². The molecule has 4 amide bonds. The first-order chi connectivity index (χ1) is 31.3. The summed E-state index contributed by atoms with van der Waals surface area (Å²) in [5.41, 5.74) is 1.08. The number of likely N-dealkylation sites (tertiary alicyclic amines) is 1. The number of anilines is 1. The van der Waals surface area contributed by atoms with E-state index in [4.69, 9.17) is 9.47 Å². The van der Waals surface area contributed by atoms with Crippen molar-refractivity contribution in [1.82, 2.24) is 40.8 Å². The molecule has 2 fully saturated rings. The van der Waals surface area contributed by atoms with Crippen molar-refractivity contribution in [1.29, 1.82) is 0 Å². The summed E-state index contributed by atoms with van der Waals surface area (Å²) in [6.45, 7) is 13.5. The van der Waals surface area contributed by atoms with Gasteiger partial charge in [0.15, 0.2) is 0 Å². The van der Waals surface area contributed by atoms with Gasteiger partial charge >= 0.3 is 12.2 Å². The predicted octanol–water partition coefficient (Wildman–Crippen LogP) is 8.83. The Morgan fingerprint density at radius 1 is 0.727 bits per heavy atom. The largest absolute Gasteiger partial charge is 0.444 e. The van der Waals surface area contributed by atoms with E-state index in [1.54, 1.807) is 113 Å².